The van der Waals surface area contributed by atoms with Gasteiger partial charge in [-0.25, -0.2) is 10.1 Å². The van der Waals surface area contributed by atoms with Crippen LogP contribution in [0.1, 0.15) is 34.2 Å². The zero-order chi connectivity index (χ0) is 24.2. The van der Waals surface area contributed by atoms with E-state index in [0.29, 0.717) is 33.8 Å². The number of aromatic nitrogens is 5. The summed E-state index contributed by atoms with van der Waals surface area (Å²) < 4.78 is 11.5. The van der Waals surface area contributed by atoms with Crippen LogP contribution in [-0.4, -0.2) is 36.9 Å². The smallest absolute Gasteiger partial charge is 0.292 e. The lowest BCUT2D eigenvalue weighted by molar-refractivity contribution is 0.0946. The van der Waals surface area contributed by atoms with E-state index in [2.05, 4.69) is 35.8 Å². The molecular formula is C21H18Cl2N8O3. The molecule has 0 aliphatic heterocycles. The van der Waals surface area contributed by atoms with Crippen LogP contribution in [0, 0.1) is 6.92 Å². The fourth-order valence-electron chi connectivity index (χ4n) is 2.95. The first-order valence-electron chi connectivity index (χ1n) is 9.86. The number of carbonyl (C=O) groups is 1. The number of amides is 1. The lowest BCUT2D eigenvalue weighted by Gasteiger charge is -2.09. The quantitative estimate of drug-likeness (QED) is 0.289. The number of hydrazone groups is 1. The molecule has 13 heteroatoms. The van der Waals surface area contributed by atoms with Crippen molar-refractivity contribution in [2.45, 2.75) is 20.5 Å². The number of benzene rings is 2. The standard InChI is InChI=1S/C21H18Cl2N8O3/c1-11(13-4-7-16(8-5-13)33-10-14-3-6-15(22)9-17(14)23)25-27-21(32)18-12(2)26-30-31(18)20-19(24)28-34-29-20/h3-9H,10H2,1-2H3,(H2,24,28)(H,27,32)/b25-11-. The van der Waals surface area contributed by atoms with Crippen molar-refractivity contribution in [1.29, 1.82) is 0 Å². The van der Waals surface area contributed by atoms with Crippen LogP contribution in [0.2, 0.25) is 10.0 Å². The molecule has 0 atom stereocenters. The van der Waals surface area contributed by atoms with Gasteiger partial charge in [0.1, 0.15) is 12.4 Å². The molecule has 0 saturated heterocycles. The minimum absolute atomic E-state index is 0.0284. The van der Waals surface area contributed by atoms with E-state index in [1.807, 2.05) is 18.2 Å². The van der Waals surface area contributed by atoms with Crippen molar-refractivity contribution in [3.63, 3.8) is 0 Å². The lowest BCUT2D eigenvalue weighted by Crippen LogP contribution is -2.24. The van der Waals surface area contributed by atoms with Gasteiger partial charge in [-0.05, 0) is 66.1 Å². The molecule has 4 aromatic rings. The zero-order valence-electron chi connectivity index (χ0n) is 18.0. The van der Waals surface area contributed by atoms with E-state index in [-0.39, 0.29) is 17.3 Å². The molecule has 0 spiro atoms. The summed E-state index contributed by atoms with van der Waals surface area (Å²) in [5.41, 5.74) is 10.8. The molecule has 0 fully saturated rings. The van der Waals surface area contributed by atoms with Gasteiger partial charge < -0.3 is 10.5 Å². The number of anilines is 1. The largest absolute Gasteiger partial charge is 0.489 e. The molecule has 2 aromatic heterocycles. The minimum atomic E-state index is -0.552. The highest BCUT2D eigenvalue weighted by Crippen LogP contribution is 2.23. The highest BCUT2D eigenvalue weighted by molar-refractivity contribution is 6.35. The van der Waals surface area contributed by atoms with Gasteiger partial charge in [0.25, 0.3) is 5.91 Å². The van der Waals surface area contributed by atoms with E-state index in [0.717, 1.165) is 15.8 Å². The Balaban J connectivity index is 1.42. The maximum absolute atomic E-state index is 12.7. The van der Waals surface area contributed by atoms with E-state index < -0.39 is 5.91 Å². The maximum Gasteiger partial charge on any atom is 0.292 e. The molecule has 3 N–H and O–H groups in total. The zero-order valence-corrected chi connectivity index (χ0v) is 19.5. The SMILES string of the molecule is C/C(=N/NC(=O)c1c(C)nnn1-c1nonc1N)c1ccc(OCc2ccc(Cl)cc2Cl)cc1. The first-order valence-corrected chi connectivity index (χ1v) is 10.6. The molecular weight excluding hydrogens is 483 g/mol. The first-order chi connectivity index (χ1) is 16.3. The third-order valence-corrected chi connectivity index (χ3v) is 5.34. The summed E-state index contributed by atoms with van der Waals surface area (Å²) in [6.07, 6.45) is 0. The van der Waals surface area contributed by atoms with Crippen LogP contribution in [0.25, 0.3) is 5.82 Å². The molecule has 0 aliphatic carbocycles. The Morgan fingerprint density at radius 3 is 2.65 bits per heavy atom. The molecule has 0 saturated carbocycles. The average Bonchev–Trinajstić information content (AvgIpc) is 3.41. The molecule has 34 heavy (non-hydrogen) atoms. The van der Waals surface area contributed by atoms with Crippen LogP contribution >= 0.6 is 23.2 Å². The number of hydrogen-bond donors (Lipinski definition) is 2. The molecule has 0 aliphatic rings. The monoisotopic (exact) mass is 500 g/mol. The number of carbonyl (C=O) groups excluding carboxylic acids is 1. The summed E-state index contributed by atoms with van der Waals surface area (Å²) in [5.74, 6) is 0.126. The van der Waals surface area contributed by atoms with E-state index in [4.69, 9.17) is 33.7 Å². The summed E-state index contributed by atoms with van der Waals surface area (Å²) in [7, 11) is 0. The third-order valence-electron chi connectivity index (χ3n) is 4.76. The van der Waals surface area contributed by atoms with Crippen LogP contribution in [0.4, 0.5) is 5.82 Å². The van der Waals surface area contributed by atoms with Crippen molar-refractivity contribution in [2.24, 2.45) is 5.10 Å². The second-order valence-corrected chi connectivity index (χ2v) is 7.94. The number of ether oxygens (including phenoxy) is 1. The van der Waals surface area contributed by atoms with Crippen LogP contribution in [0.3, 0.4) is 0 Å². The van der Waals surface area contributed by atoms with Gasteiger partial charge in [-0.2, -0.15) is 9.78 Å². The predicted molar refractivity (Wildman–Crippen MR) is 125 cm³/mol. The number of nitrogens with one attached hydrogen (secondary N) is 1. The number of hydrogen-bond acceptors (Lipinski definition) is 9. The molecule has 0 bridgehead atoms. The van der Waals surface area contributed by atoms with Crippen molar-refractivity contribution < 1.29 is 14.2 Å². The van der Waals surface area contributed by atoms with E-state index >= 15 is 0 Å². The van der Waals surface area contributed by atoms with Crippen LogP contribution in [0.15, 0.2) is 52.2 Å². The molecule has 11 nitrogen and oxygen atoms in total. The van der Waals surface area contributed by atoms with E-state index in [9.17, 15) is 4.79 Å². The molecule has 0 unspecified atom stereocenters. The molecule has 0 radical (unpaired) electrons. The van der Waals surface area contributed by atoms with Gasteiger partial charge in [0.05, 0.1) is 11.4 Å². The fraction of sp³-hybridized carbons (Fsp3) is 0.143. The van der Waals surface area contributed by atoms with Crippen LogP contribution in [0.5, 0.6) is 5.75 Å². The first kappa shape index (κ1) is 23.2. The molecule has 2 aromatic carbocycles. The van der Waals surface area contributed by atoms with Crippen molar-refractivity contribution in [3.05, 3.63) is 75.0 Å². The Labute approximate surface area is 203 Å². The van der Waals surface area contributed by atoms with Crippen molar-refractivity contribution >= 4 is 40.6 Å². The summed E-state index contributed by atoms with van der Waals surface area (Å²) in [6, 6.07) is 12.5. The van der Waals surface area contributed by atoms with E-state index in [1.165, 1.54) is 0 Å². The minimum Gasteiger partial charge on any atom is -0.489 e. The van der Waals surface area contributed by atoms with Gasteiger partial charge in [0.2, 0.25) is 11.6 Å². The molecule has 2 heterocycles. The summed E-state index contributed by atoms with van der Waals surface area (Å²) in [6.45, 7) is 3.67. The van der Waals surface area contributed by atoms with Crippen molar-refractivity contribution in [3.8, 4) is 11.6 Å². The second-order valence-electron chi connectivity index (χ2n) is 7.10. The number of halogens is 2. The number of nitrogens with zero attached hydrogens (tertiary/aromatic N) is 6. The predicted octanol–water partition coefficient (Wildman–Crippen LogP) is 3.58. The molecule has 174 valence electrons. The summed E-state index contributed by atoms with van der Waals surface area (Å²) in [4.78, 5) is 12.7. The van der Waals surface area contributed by atoms with Crippen molar-refractivity contribution in [1.82, 2.24) is 30.7 Å². The highest BCUT2D eigenvalue weighted by Gasteiger charge is 2.22. The van der Waals surface area contributed by atoms with Gasteiger partial charge in [0.15, 0.2) is 5.69 Å². The van der Waals surface area contributed by atoms with Gasteiger partial charge in [-0.3, -0.25) is 4.79 Å². The highest BCUT2D eigenvalue weighted by atomic mass is 35.5. The van der Waals surface area contributed by atoms with Crippen LogP contribution < -0.4 is 15.9 Å². The lowest BCUT2D eigenvalue weighted by atomic mass is 10.1. The number of nitrogen functional groups attached to an aromatic ring is 1. The van der Waals surface area contributed by atoms with Gasteiger partial charge in [-0.1, -0.05) is 34.5 Å². The Hall–Kier alpha value is -3.96. The Kier molecular flexibility index (Phi) is 6.75. The Morgan fingerprint density at radius 1 is 1.21 bits per heavy atom. The molecule has 4 rings (SSSR count). The topological polar surface area (TPSA) is 146 Å². The Bertz CT molecular complexity index is 1360. The van der Waals surface area contributed by atoms with Crippen molar-refractivity contribution in [2.75, 3.05) is 5.73 Å². The normalized spacial score (nSPS) is 11.5. The second kappa shape index (κ2) is 9.89. The third kappa shape index (κ3) is 5.00. The maximum atomic E-state index is 12.7. The number of nitrogens with two attached hydrogens (primary N) is 1. The van der Waals surface area contributed by atoms with Gasteiger partial charge >= 0.3 is 0 Å². The van der Waals surface area contributed by atoms with Crippen LogP contribution in [-0.2, 0) is 6.61 Å². The fourth-order valence-corrected chi connectivity index (χ4v) is 3.41. The molecule has 1 amide bonds. The summed E-state index contributed by atoms with van der Waals surface area (Å²) in [5, 5.41) is 20.2. The van der Waals surface area contributed by atoms with E-state index in [1.54, 1.807) is 38.1 Å². The number of rotatable bonds is 7. The Morgan fingerprint density at radius 2 is 1.97 bits per heavy atom. The summed E-state index contributed by atoms with van der Waals surface area (Å²) >= 11 is 12.1. The van der Waals surface area contributed by atoms with Gasteiger partial charge in [0, 0.05) is 15.6 Å². The van der Waals surface area contributed by atoms with Gasteiger partial charge in [-0.15, -0.1) is 5.10 Å². The number of aryl methyl sites for hydroxylation is 1. The average molecular weight is 501 g/mol.